The number of imidazole rings is 1. The number of rotatable bonds is 1. The zero-order valence-electron chi connectivity index (χ0n) is 11.1. The summed E-state index contributed by atoms with van der Waals surface area (Å²) in [6.07, 6.45) is 8.73. The van der Waals surface area contributed by atoms with Gasteiger partial charge in [-0.15, -0.1) is 0 Å². The minimum atomic E-state index is -0.255. The number of hydrogen-bond donors (Lipinski definition) is 1. The van der Waals surface area contributed by atoms with Gasteiger partial charge in [0.15, 0.2) is 0 Å². The highest BCUT2D eigenvalue weighted by atomic mass is 19.1. The van der Waals surface area contributed by atoms with Crippen molar-refractivity contribution < 1.29 is 4.39 Å². The Kier molecular flexibility index (Phi) is 3.40. The maximum atomic E-state index is 13.2. The van der Waals surface area contributed by atoms with Crippen LogP contribution in [0.5, 0.6) is 0 Å². The van der Waals surface area contributed by atoms with Crippen molar-refractivity contribution in [2.45, 2.75) is 51.0 Å². The zero-order chi connectivity index (χ0) is 13.2. The summed E-state index contributed by atoms with van der Waals surface area (Å²) in [5, 5.41) is 0. The van der Waals surface area contributed by atoms with Crippen molar-refractivity contribution in [1.29, 1.82) is 0 Å². The van der Waals surface area contributed by atoms with E-state index in [1.54, 1.807) is 6.07 Å². The molecule has 0 atom stereocenters. The number of hydrogen-bond acceptors (Lipinski definition) is 2. The molecule has 1 aliphatic rings. The normalized spacial score (nSPS) is 18.4. The van der Waals surface area contributed by atoms with Gasteiger partial charge in [0.1, 0.15) is 5.82 Å². The molecule has 4 heteroatoms. The first kappa shape index (κ1) is 12.5. The monoisotopic (exact) mass is 261 g/mol. The van der Waals surface area contributed by atoms with Gasteiger partial charge < -0.3 is 10.3 Å². The first-order valence-corrected chi connectivity index (χ1v) is 7.18. The third kappa shape index (κ3) is 2.44. The number of aromatic nitrogens is 2. The summed E-state index contributed by atoms with van der Waals surface area (Å²) >= 11 is 0. The van der Waals surface area contributed by atoms with Crippen LogP contribution in [0, 0.1) is 5.82 Å². The van der Waals surface area contributed by atoms with Crippen LogP contribution in [0.2, 0.25) is 0 Å². The second-order valence-electron chi connectivity index (χ2n) is 5.47. The smallest absolute Gasteiger partial charge is 0.201 e. The fraction of sp³-hybridized carbons (Fsp3) is 0.533. The van der Waals surface area contributed by atoms with Crippen molar-refractivity contribution in [2.24, 2.45) is 0 Å². The quantitative estimate of drug-likeness (QED) is 0.841. The maximum Gasteiger partial charge on any atom is 0.201 e. The number of halogens is 1. The highest BCUT2D eigenvalue weighted by Crippen LogP contribution is 2.32. The summed E-state index contributed by atoms with van der Waals surface area (Å²) in [5.74, 6) is 0.265. The first-order valence-electron chi connectivity index (χ1n) is 7.18. The van der Waals surface area contributed by atoms with Crippen LogP contribution >= 0.6 is 0 Å². The van der Waals surface area contributed by atoms with E-state index in [0.29, 0.717) is 17.5 Å². The molecular formula is C15H20FN3. The second-order valence-corrected chi connectivity index (χ2v) is 5.47. The van der Waals surface area contributed by atoms with Gasteiger partial charge in [-0.2, -0.15) is 0 Å². The summed E-state index contributed by atoms with van der Waals surface area (Å²) in [6, 6.07) is 5.16. The number of nitrogen functional groups attached to an aromatic ring is 1. The van der Waals surface area contributed by atoms with Gasteiger partial charge in [-0.25, -0.2) is 9.37 Å². The van der Waals surface area contributed by atoms with Gasteiger partial charge >= 0.3 is 0 Å². The molecule has 0 saturated heterocycles. The Morgan fingerprint density at radius 1 is 1.11 bits per heavy atom. The van der Waals surface area contributed by atoms with Gasteiger partial charge in [-0.3, -0.25) is 0 Å². The van der Waals surface area contributed by atoms with Crippen LogP contribution < -0.4 is 5.73 Å². The van der Waals surface area contributed by atoms with Crippen LogP contribution in [0.3, 0.4) is 0 Å². The lowest BCUT2D eigenvalue weighted by Gasteiger charge is -2.22. The number of nitrogens with zero attached hydrogens (tertiary/aromatic N) is 2. The van der Waals surface area contributed by atoms with Crippen LogP contribution in [0.25, 0.3) is 11.0 Å². The predicted molar refractivity (Wildman–Crippen MR) is 75.5 cm³/mol. The van der Waals surface area contributed by atoms with E-state index in [1.165, 1.54) is 44.2 Å². The summed E-state index contributed by atoms with van der Waals surface area (Å²) in [7, 11) is 0. The fourth-order valence-corrected chi connectivity index (χ4v) is 3.17. The van der Waals surface area contributed by atoms with Gasteiger partial charge in [0, 0.05) is 12.1 Å². The third-order valence-corrected chi connectivity index (χ3v) is 4.12. The Hall–Kier alpha value is -1.58. The molecule has 1 heterocycles. The molecule has 1 aromatic carbocycles. The van der Waals surface area contributed by atoms with Crippen molar-refractivity contribution >= 4 is 17.0 Å². The van der Waals surface area contributed by atoms with Crippen molar-refractivity contribution in [3.05, 3.63) is 24.0 Å². The Labute approximate surface area is 112 Å². The lowest BCUT2D eigenvalue weighted by molar-refractivity contribution is 0.381. The molecule has 1 fully saturated rings. The molecule has 0 bridgehead atoms. The topological polar surface area (TPSA) is 43.8 Å². The molecule has 1 aliphatic carbocycles. The second kappa shape index (κ2) is 5.19. The summed E-state index contributed by atoms with van der Waals surface area (Å²) in [4.78, 5) is 4.30. The molecule has 102 valence electrons. The van der Waals surface area contributed by atoms with Gasteiger partial charge in [0.2, 0.25) is 5.95 Å². The van der Waals surface area contributed by atoms with Crippen LogP contribution in [0.4, 0.5) is 10.3 Å². The average Bonchev–Trinajstić information content (AvgIpc) is 2.64. The van der Waals surface area contributed by atoms with Crippen LogP contribution in [-0.2, 0) is 0 Å². The molecule has 2 N–H and O–H groups in total. The summed E-state index contributed by atoms with van der Waals surface area (Å²) in [6.45, 7) is 0. The van der Waals surface area contributed by atoms with E-state index in [2.05, 4.69) is 9.55 Å². The summed E-state index contributed by atoms with van der Waals surface area (Å²) < 4.78 is 15.4. The average molecular weight is 261 g/mol. The van der Waals surface area contributed by atoms with Crippen LogP contribution in [0.15, 0.2) is 18.2 Å². The summed E-state index contributed by atoms with van der Waals surface area (Å²) in [5.41, 5.74) is 7.68. The van der Waals surface area contributed by atoms with Crippen molar-refractivity contribution in [1.82, 2.24) is 9.55 Å². The Balaban J connectivity index is 2.00. The molecule has 0 unspecified atom stereocenters. The highest BCUT2D eigenvalue weighted by molar-refractivity contribution is 5.78. The lowest BCUT2D eigenvalue weighted by atomic mass is 9.96. The maximum absolute atomic E-state index is 13.2. The third-order valence-electron chi connectivity index (χ3n) is 4.12. The van der Waals surface area contributed by atoms with E-state index in [4.69, 9.17) is 5.73 Å². The van der Waals surface area contributed by atoms with Crippen molar-refractivity contribution in [3.8, 4) is 0 Å². The van der Waals surface area contributed by atoms with E-state index in [-0.39, 0.29) is 5.82 Å². The molecule has 3 rings (SSSR count). The fourth-order valence-electron chi connectivity index (χ4n) is 3.17. The van der Waals surface area contributed by atoms with E-state index < -0.39 is 0 Å². The number of benzene rings is 1. The molecule has 2 aromatic rings. The molecule has 0 amide bonds. The van der Waals surface area contributed by atoms with Crippen molar-refractivity contribution in [3.63, 3.8) is 0 Å². The van der Waals surface area contributed by atoms with E-state index >= 15 is 0 Å². The molecule has 0 aliphatic heterocycles. The first-order chi connectivity index (χ1) is 9.25. The van der Waals surface area contributed by atoms with Crippen molar-refractivity contribution in [2.75, 3.05) is 5.73 Å². The largest absolute Gasteiger partial charge is 0.369 e. The minimum absolute atomic E-state index is 0.255. The van der Waals surface area contributed by atoms with Gasteiger partial charge in [0.25, 0.3) is 0 Å². The number of nitrogens with two attached hydrogens (primary N) is 1. The molecule has 1 saturated carbocycles. The minimum Gasteiger partial charge on any atom is -0.369 e. The van der Waals surface area contributed by atoms with Gasteiger partial charge in [0.05, 0.1) is 11.0 Å². The van der Waals surface area contributed by atoms with E-state index in [9.17, 15) is 4.39 Å². The Morgan fingerprint density at radius 3 is 2.53 bits per heavy atom. The van der Waals surface area contributed by atoms with Gasteiger partial charge in [-0.05, 0) is 25.0 Å². The predicted octanol–water partition coefficient (Wildman–Crippen LogP) is 4.04. The standard InChI is InChI=1S/C15H20FN3/c16-11-8-9-14-13(10-11)18-15(17)19(14)12-6-4-2-1-3-5-7-12/h8-10,12H,1-7H2,(H2,17,18). The van der Waals surface area contributed by atoms with E-state index in [1.807, 2.05) is 0 Å². The zero-order valence-corrected chi connectivity index (χ0v) is 11.1. The molecule has 19 heavy (non-hydrogen) atoms. The molecule has 0 radical (unpaired) electrons. The van der Waals surface area contributed by atoms with Crippen LogP contribution in [-0.4, -0.2) is 9.55 Å². The SMILES string of the molecule is Nc1nc2cc(F)ccc2n1C1CCCCCCC1. The molecule has 0 spiro atoms. The Bertz CT molecular complexity index is 568. The van der Waals surface area contributed by atoms with E-state index in [0.717, 1.165) is 18.4 Å². The van der Waals surface area contributed by atoms with Crippen LogP contribution in [0.1, 0.15) is 51.0 Å². The molecular weight excluding hydrogens is 241 g/mol. The Morgan fingerprint density at radius 2 is 1.79 bits per heavy atom. The number of anilines is 1. The number of fused-ring (bicyclic) bond motifs is 1. The molecule has 1 aromatic heterocycles. The lowest BCUT2D eigenvalue weighted by Crippen LogP contribution is -2.13. The molecule has 3 nitrogen and oxygen atoms in total. The highest BCUT2D eigenvalue weighted by Gasteiger charge is 2.18. The van der Waals surface area contributed by atoms with Gasteiger partial charge in [-0.1, -0.05) is 32.1 Å².